The number of nitrogens with zero attached hydrogens (tertiary/aromatic N) is 3. The van der Waals surface area contributed by atoms with Crippen molar-refractivity contribution in [2.75, 3.05) is 26.2 Å². The number of rotatable bonds is 5. The molecule has 0 radical (unpaired) electrons. The third-order valence-corrected chi connectivity index (χ3v) is 4.85. The molecule has 1 aliphatic heterocycles. The summed E-state index contributed by atoms with van der Waals surface area (Å²) in [7, 11) is 0. The second-order valence-electron chi connectivity index (χ2n) is 6.38. The van der Waals surface area contributed by atoms with Crippen LogP contribution in [0.5, 0.6) is 0 Å². The molecule has 2 heterocycles. The van der Waals surface area contributed by atoms with Crippen molar-refractivity contribution in [3.8, 4) is 0 Å². The van der Waals surface area contributed by atoms with Crippen molar-refractivity contribution in [2.24, 2.45) is 5.92 Å². The van der Waals surface area contributed by atoms with Crippen LogP contribution in [0, 0.1) is 12.8 Å². The van der Waals surface area contributed by atoms with E-state index in [1.807, 2.05) is 25.7 Å². The summed E-state index contributed by atoms with van der Waals surface area (Å²) < 4.78 is 0. The Labute approximate surface area is 141 Å². The van der Waals surface area contributed by atoms with Gasteiger partial charge in [0.15, 0.2) is 0 Å². The third-order valence-electron chi connectivity index (χ3n) is 4.03. The number of aromatic nitrogens is 1. The third kappa shape index (κ3) is 5.00. The zero-order valence-electron chi connectivity index (χ0n) is 14.3. The van der Waals surface area contributed by atoms with Gasteiger partial charge in [0.2, 0.25) is 11.8 Å². The lowest BCUT2D eigenvalue weighted by molar-refractivity contribution is -0.138. The predicted octanol–water partition coefficient (Wildman–Crippen LogP) is 1.26. The summed E-state index contributed by atoms with van der Waals surface area (Å²) in [6.45, 7) is 11.3. The maximum Gasteiger partial charge on any atom is 0.245 e. The monoisotopic (exact) mass is 338 g/mol. The molecule has 0 spiro atoms. The molecule has 0 aliphatic carbocycles. The van der Waals surface area contributed by atoms with Crippen molar-refractivity contribution in [2.45, 2.75) is 40.3 Å². The zero-order valence-corrected chi connectivity index (χ0v) is 15.2. The van der Waals surface area contributed by atoms with E-state index in [0.717, 1.165) is 30.3 Å². The molecule has 0 saturated carbocycles. The second kappa shape index (κ2) is 7.88. The van der Waals surface area contributed by atoms with E-state index in [4.69, 9.17) is 0 Å². The molecule has 0 bridgehead atoms. The average Bonchev–Trinajstić information content (AvgIpc) is 2.89. The minimum Gasteiger partial charge on any atom is -0.344 e. The Kier molecular flexibility index (Phi) is 6.12. The number of nitrogens with one attached hydrogen (secondary N) is 1. The van der Waals surface area contributed by atoms with Gasteiger partial charge in [0, 0.05) is 45.0 Å². The zero-order chi connectivity index (χ0) is 17.0. The Morgan fingerprint density at radius 3 is 2.43 bits per heavy atom. The molecule has 1 aliphatic rings. The highest BCUT2D eigenvalue weighted by Gasteiger charge is 2.30. The summed E-state index contributed by atoms with van der Waals surface area (Å²) in [5, 5.41) is 5.96. The van der Waals surface area contributed by atoms with Crippen LogP contribution in [-0.2, 0) is 16.1 Å². The van der Waals surface area contributed by atoms with E-state index in [-0.39, 0.29) is 17.7 Å². The van der Waals surface area contributed by atoms with Gasteiger partial charge in [-0.25, -0.2) is 4.98 Å². The van der Waals surface area contributed by atoms with Gasteiger partial charge in [-0.1, -0.05) is 13.8 Å². The van der Waals surface area contributed by atoms with Gasteiger partial charge in [-0.2, -0.15) is 0 Å². The largest absolute Gasteiger partial charge is 0.344 e. The van der Waals surface area contributed by atoms with Gasteiger partial charge in [-0.05, 0) is 12.8 Å². The van der Waals surface area contributed by atoms with Gasteiger partial charge in [0.05, 0.1) is 10.7 Å². The van der Waals surface area contributed by atoms with Crippen molar-refractivity contribution in [3.63, 3.8) is 0 Å². The minimum absolute atomic E-state index is 0.0272. The molecule has 7 heteroatoms. The van der Waals surface area contributed by atoms with Crippen LogP contribution in [0.4, 0.5) is 0 Å². The van der Waals surface area contributed by atoms with Crippen LogP contribution < -0.4 is 5.32 Å². The number of hydrogen-bond donors (Lipinski definition) is 1. The first-order chi connectivity index (χ1) is 10.9. The molecule has 1 fully saturated rings. The lowest BCUT2D eigenvalue weighted by Gasteiger charge is -2.37. The fourth-order valence-electron chi connectivity index (χ4n) is 2.77. The van der Waals surface area contributed by atoms with Crippen LogP contribution in [0.2, 0.25) is 0 Å². The normalized spacial score (nSPS) is 17.3. The van der Waals surface area contributed by atoms with Crippen LogP contribution in [-0.4, -0.2) is 58.8 Å². The van der Waals surface area contributed by atoms with E-state index in [1.165, 1.54) is 6.92 Å². The molecule has 128 valence electrons. The number of thiazole rings is 1. The van der Waals surface area contributed by atoms with Crippen LogP contribution >= 0.6 is 11.3 Å². The number of amides is 2. The van der Waals surface area contributed by atoms with Crippen molar-refractivity contribution >= 4 is 23.2 Å². The number of hydrogen-bond acceptors (Lipinski definition) is 5. The lowest BCUT2D eigenvalue weighted by atomic mass is 10.0. The summed E-state index contributed by atoms with van der Waals surface area (Å²) in [6, 6.07) is -0.430. The van der Waals surface area contributed by atoms with E-state index >= 15 is 0 Å². The molecule has 23 heavy (non-hydrogen) atoms. The number of carbonyl (C=O) groups is 2. The van der Waals surface area contributed by atoms with E-state index < -0.39 is 6.04 Å². The fraction of sp³-hybridized carbons (Fsp3) is 0.688. The SMILES string of the molecule is CC(=O)N[C@H](C(=O)N1CCN(Cc2csc(C)n2)CC1)C(C)C. The highest BCUT2D eigenvalue weighted by Crippen LogP contribution is 2.14. The Bertz CT molecular complexity index is 550. The summed E-state index contributed by atoms with van der Waals surface area (Å²) in [5.74, 6) is -0.0450. The summed E-state index contributed by atoms with van der Waals surface area (Å²) in [5.41, 5.74) is 1.10. The average molecular weight is 338 g/mol. The first-order valence-electron chi connectivity index (χ1n) is 8.06. The van der Waals surface area contributed by atoms with Gasteiger partial charge < -0.3 is 10.2 Å². The highest BCUT2D eigenvalue weighted by molar-refractivity contribution is 7.09. The molecule has 6 nitrogen and oxygen atoms in total. The van der Waals surface area contributed by atoms with Gasteiger partial charge in [0.1, 0.15) is 6.04 Å². The van der Waals surface area contributed by atoms with Gasteiger partial charge in [-0.3, -0.25) is 14.5 Å². The van der Waals surface area contributed by atoms with Crippen molar-refractivity contribution in [1.82, 2.24) is 20.1 Å². The maximum absolute atomic E-state index is 12.6. The van der Waals surface area contributed by atoms with Gasteiger partial charge in [0.25, 0.3) is 0 Å². The molecule has 0 aromatic carbocycles. The minimum atomic E-state index is -0.430. The molecule has 1 aromatic rings. The molecular formula is C16H26N4O2S. The molecule has 1 saturated heterocycles. The van der Waals surface area contributed by atoms with Crippen molar-refractivity contribution in [3.05, 3.63) is 16.1 Å². The van der Waals surface area contributed by atoms with Crippen LogP contribution in [0.15, 0.2) is 5.38 Å². The number of aryl methyl sites for hydroxylation is 1. The standard InChI is InChI=1S/C16H26N4O2S/c1-11(2)15(17-12(3)21)16(22)20-7-5-19(6-8-20)9-14-10-23-13(4)18-14/h10-11,15H,5-9H2,1-4H3,(H,17,21)/t15-/m0/s1. The van der Waals surface area contributed by atoms with Crippen LogP contribution in [0.1, 0.15) is 31.5 Å². The molecule has 1 N–H and O–H groups in total. The van der Waals surface area contributed by atoms with E-state index in [0.29, 0.717) is 13.1 Å². The predicted molar refractivity (Wildman–Crippen MR) is 91.2 cm³/mol. The number of piperazine rings is 1. The quantitative estimate of drug-likeness (QED) is 0.878. The summed E-state index contributed by atoms with van der Waals surface area (Å²) in [4.78, 5) is 32.6. The van der Waals surface area contributed by atoms with Crippen molar-refractivity contribution < 1.29 is 9.59 Å². The Hall–Kier alpha value is -1.47. The van der Waals surface area contributed by atoms with E-state index in [2.05, 4.69) is 20.6 Å². The summed E-state index contributed by atoms with van der Waals surface area (Å²) >= 11 is 1.67. The van der Waals surface area contributed by atoms with E-state index in [1.54, 1.807) is 11.3 Å². The molecule has 1 atom stereocenters. The fourth-order valence-corrected chi connectivity index (χ4v) is 3.37. The molecule has 0 unspecified atom stereocenters. The van der Waals surface area contributed by atoms with Crippen LogP contribution in [0.3, 0.4) is 0 Å². The first kappa shape index (κ1) is 17.9. The Morgan fingerprint density at radius 1 is 1.30 bits per heavy atom. The summed E-state index contributed by atoms with van der Waals surface area (Å²) in [6.07, 6.45) is 0. The lowest BCUT2D eigenvalue weighted by Crippen LogP contribution is -2.56. The molecule has 2 rings (SSSR count). The molecule has 1 aromatic heterocycles. The van der Waals surface area contributed by atoms with E-state index in [9.17, 15) is 9.59 Å². The topological polar surface area (TPSA) is 65.5 Å². The Balaban J connectivity index is 1.87. The Morgan fingerprint density at radius 2 is 1.96 bits per heavy atom. The highest BCUT2D eigenvalue weighted by atomic mass is 32.1. The second-order valence-corrected chi connectivity index (χ2v) is 7.44. The smallest absolute Gasteiger partial charge is 0.245 e. The van der Waals surface area contributed by atoms with Crippen LogP contribution in [0.25, 0.3) is 0 Å². The molecular weight excluding hydrogens is 312 g/mol. The van der Waals surface area contributed by atoms with Crippen molar-refractivity contribution in [1.29, 1.82) is 0 Å². The number of carbonyl (C=O) groups excluding carboxylic acids is 2. The molecule has 2 amide bonds. The van der Waals surface area contributed by atoms with Gasteiger partial charge in [-0.15, -0.1) is 11.3 Å². The van der Waals surface area contributed by atoms with Gasteiger partial charge >= 0.3 is 0 Å². The maximum atomic E-state index is 12.6. The first-order valence-corrected chi connectivity index (χ1v) is 8.94.